The number of rotatable bonds is 10. The van der Waals surface area contributed by atoms with Crippen molar-refractivity contribution in [2.75, 3.05) is 6.54 Å². The highest BCUT2D eigenvalue weighted by Gasteiger charge is 2.63. The molecule has 4 amide bonds. The van der Waals surface area contributed by atoms with E-state index >= 15 is 0 Å². The molecule has 4 N–H and O–H groups in total. The lowest BCUT2D eigenvalue weighted by Crippen LogP contribution is -2.59. The summed E-state index contributed by atoms with van der Waals surface area (Å²) in [4.78, 5) is 65.8. The second-order valence-electron chi connectivity index (χ2n) is 17.4. The Morgan fingerprint density at radius 1 is 1.02 bits per heavy atom. The SMILES string of the molecule is CC(C)Oc1ccc(-c2cc(O[C@@H]3C[C@H]4C(=O)N[C@]5(C(=O)NS(=O)(=O)C6(C)CC6)C[C@H]5C=CCC[C@@H](C)C[C@@H](C)[C@H](NC(=O)O)C(=O)N4C3)cc(-c3cccnc3)n2)cc1. The molecule has 320 valence electrons. The zero-order chi connectivity index (χ0) is 43.0. The summed E-state index contributed by atoms with van der Waals surface area (Å²) in [6, 6.07) is 12.4. The summed E-state index contributed by atoms with van der Waals surface area (Å²) < 4.78 is 40.1. The Morgan fingerprint density at radius 3 is 2.38 bits per heavy atom. The van der Waals surface area contributed by atoms with Crippen molar-refractivity contribution in [1.82, 2.24) is 30.2 Å². The highest BCUT2D eigenvalue weighted by atomic mass is 32.2. The molecule has 4 heterocycles. The summed E-state index contributed by atoms with van der Waals surface area (Å²) >= 11 is 0. The number of aromatic nitrogens is 2. The minimum atomic E-state index is -4.03. The highest BCUT2D eigenvalue weighted by molar-refractivity contribution is 7.91. The molecule has 3 aromatic rings. The summed E-state index contributed by atoms with van der Waals surface area (Å²) in [5, 5.41) is 15.2. The number of fused-ring (bicyclic) bond motifs is 2. The van der Waals surface area contributed by atoms with Crippen LogP contribution in [-0.2, 0) is 24.4 Å². The molecule has 15 nitrogen and oxygen atoms in total. The van der Waals surface area contributed by atoms with Gasteiger partial charge >= 0.3 is 6.09 Å². The fourth-order valence-corrected chi connectivity index (χ4v) is 9.59. The van der Waals surface area contributed by atoms with E-state index in [4.69, 9.17) is 14.5 Å². The van der Waals surface area contributed by atoms with Crippen LogP contribution in [0.1, 0.15) is 79.6 Å². The number of ether oxygens (including phenoxy) is 2. The van der Waals surface area contributed by atoms with E-state index in [1.807, 2.05) is 70.2 Å². The minimum Gasteiger partial charge on any atom is -0.491 e. The monoisotopic (exact) mass is 842 g/mol. The van der Waals surface area contributed by atoms with E-state index in [0.717, 1.165) is 17.5 Å². The molecule has 2 aliphatic carbocycles. The largest absolute Gasteiger partial charge is 0.491 e. The molecule has 2 aliphatic heterocycles. The van der Waals surface area contributed by atoms with Gasteiger partial charge in [-0.1, -0.05) is 26.0 Å². The molecule has 1 aromatic carbocycles. The first-order valence-electron chi connectivity index (χ1n) is 20.7. The first kappa shape index (κ1) is 42.6. The van der Waals surface area contributed by atoms with Gasteiger partial charge in [0.2, 0.25) is 21.8 Å². The van der Waals surface area contributed by atoms with E-state index < -0.39 is 74.1 Å². The summed E-state index contributed by atoms with van der Waals surface area (Å²) in [6.45, 7) is 9.25. The predicted octanol–water partition coefficient (Wildman–Crippen LogP) is 5.47. The Kier molecular flexibility index (Phi) is 12.0. The van der Waals surface area contributed by atoms with E-state index in [0.29, 0.717) is 48.6 Å². The summed E-state index contributed by atoms with van der Waals surface area (Å²) in [7, 11) is -4.03. The van der Waals surface area contributed by atoms with Crippen LogP contribution in [-0.4, -0.2) is 93.3 Å². The van der Waals surface area contributed by atoms with Crippen LogP contribution in [0.15, 0.2) is 73.1 Å². The van der Waals surface area contributed by atoms with Crippen LogP contribution >= 0.6 is 0 Å². The fraction of sp³-hybridized carbons (Fsp3) is 0.500. The Bertz CT molecular complexity index is 2250. The van der Waals surface area contributed by atoms with E-state index in [1.54, 1.807) is 37.5 Å². The van der Waals surface area contributed by atoms with Crippen LogP contribution < -0.4 is 24.8 Å². The van der Waals surface area contributed by atoms with Gasteiger partial charge in [-0.3, -0.25) is 24.1 Å². The molecular formula is C44H54N6O9S. The molecule has 7 atom stereocenters. The van der Waals surface area contributed by atoms with Crippen molar-refractivity contribution in [2.45, 2.75) is 114 Å². The minimum absolute atomic E-state index is 0.00214. The number of nitrogens with zero attached hydrogens (tertiary/aromatic N) is 3. The number of nitrogens with one attached hydrogen (secondary N) is 3. The molecule has 0 unspecified atom stereocenters. The fourth-order valence-electron chi connectivity index (χ4n) is 8.28. The Balaban J connectivity index is 1.23. The zero-order valence-electron chi connectivity index (χ0n) is 34.6. The van der Waals surface area contributed by atoms with Gasteiger partial charge in [0.05, 0.1) is 28.8 Å². The molecule has 4 aliphatic rings. The third-order valence-electron chi connectivity index (χ3n) is 12.1. The van der Waals surface area contributed by atoms with Gasteiger partial charge < -0.3 is 30.1 Å². The van der Waals surface area contributed by atoms with E-state index in [1.165, 1.54) is 4.90 Å². The summed E-state index contributed by atoms with van der Waals surface area (Å²) in [5.41, 5.74) is 1.12. The zero-order valence-corrected chi connectivity index (χ0v) is 35.4. The van der Waals surface area contributed by atoms with Crippen LogP contribution in [0.25, 0.3) is 22.5 Å². The number of allylic oxidation sites excluding steroid dienone is 1. The van der Waals surface area contributed by atoms with Gasteiger partial charge in [-0.05, 0) is 108 Å². The van der Waals surface area contributed by atoms with Gasteiger partial charge in [-0.25, -0.2) is 18.2 Å². The second-order valence-corrected chi connectivity index (χ2v) is 19.6. The first-order chi connectivity index (χ1) is 28.5. The summed E-state index contributed by atoms with van der Waals surface area (Å²) in [6.07, 6.45) is 7.91. The molecule has 1 saturated heterocycles. The second kappa shape index (κ2) is 16.9. The molecule has 2 aromatic heterocycles. The van der Waals surface area contributed by atoms with Gasteiger partial charge in [0.15, 0.2) is 0 Å². The van der Waals surface area contributed by atoms with Crippen molar-refractivity contribution in [1.29, 1.82) is 0 Å². The molecular weight excluding hydrogens is 789 g/mol. The number of benzene rings is 1. The van der Waals surface area contributed by atoms with E-state index in [2.05, 4.69) is 20.3 Å². The molecule has 7 rings (SSSR count). The lowest BCUT2D eigenvalue weighted by Gasteiger charge is -2.32. The summed E-state index contributed by atoms with van der Waals surface area (Å²) in [5.74, 6) is -1.77. The first-order valence-corrected chi connectivity index (χ1v) is 22.2. The average Bonchev–Trinajstić information content (AvgIpc) is 4.08. The number of hydrogen-bond acceptors (Lipinski definition) is 10. The van der Waals surface area contributed by atoms with Crippen molar-refractivity contribution in [3.63, 3.8) is 0 Å². The van der Waals surface area contributed by atoms with Crippen LogP contribution in [0.2, 0.25) is 0 Å². The van der Waals surface area contributed by atoms with Crippen LogP contribution in [0.4, 0.5) is 4.79 Å². The highest BCUT2D eigenvalue weighted by Crippen LogP contribution is 2.47. The maximum absolute atomic E-state index is 14.6. The topological polar surface area (TPSA) is 206 Å². The van der Waals surface area contributed by atoms with Crippen LogP contribution in [0, 0.1) is 17.8 Å². The number of amides is 4. The smallest absolute Gasteiger partial charge is 0.405 e. The van der Waals surface area contributed by atoms with Crippen LogP contribution in [0.5, 0.6) is 11.5 Å². The standard InChI is InChI=1S/C44H54N6O9S/c1-26(2)58-32-14-12-29(13-15-32)35-20-33(21-36(46-35)30-10-8-18-45-24-30)59-34-22-37-39(51)48-44(41(53)49-60(56,57)43(5)16-17-43)23-31(44)11-7-6-9-27(3)19-28(4)38(47-42(54)55)40(52)50(37)25-34/h7-8,10-15,18,20-21,24,26-28,31,34,37-38,47H,6,9,16-17,19,22-23,25H2,1-5H3,(H,48,51)(H,49,53)(H,54,55)/t27-,28-,31-,34-,37+,38+,44-/m1/s1. The molecule has 16 heteroatoms. The number of carbonyl (C=O) groups excluding carboxylic acids is 3. The van der Waals surface area contributed by atoms with Gasteiger partial charge in [0.1, 0.15) is 35.2 Å². The Morgan fingerprint density at radius 2 is 1.73 bits per heavy atom. The number of sulfonamides is 1. The van der Waals surface area contributed by atoms with Crippen molar-refractivity contribution in [2.24, 2.45) is 17.8 Å². The molecule has 0 bridgehead atoms. The molecule has 3 fully saturated rings. The van der Waals surface area contributed by atoms with E-state index in [-0.39, 0.29) is 31.4 Å². The lowest BCUT2D eigenvalue weighted by molar-refractivity contribution is -0.142. The average molecular weight is 843 g/mol. The normalized spacial score (nSPS) is 27.7. The van der Waals surface area contributed by atoms with Gasteiger partial charge in [0, 0.05) is 48.0 Å². The van der Waals surface area contributed by atoms with Crippen molar-refractivity contribution in [3.8, 4) is 34.0 Å². The van der Waals surface area contributed by atoms with Crippen molar-refractivity contribution in [3.05, 3.63) is 73.1 Å². The number of carbonyl (C=O) groups is 4. The maximum Gasteiger partial charge on any atom is 0.405 e. The Hall–Kier alpha value is -5.51. The lowest BCUT2D eigenvalue weighted by atomic mass is 9.88. The van der Waals surface area contributed by atoms with Gasteiger partial charge in [-0.2, -0.15) is 0 Å². The number of hydrogen-bond donors (Lipinski definition) is 4. The Labute approximate surface area is 350 Å². The third kappa shape index (κ3) is 9.28. The van der Waals surface area contributed by atoms with E-state index in [9.17, 15) is 32.7 Å². The van der Waals surface area contributed by atoms with Crippen molar-refractivity contribution < 1.29 is 42.2 Å². The van der Waals surface area contributed by atoms with Gasteiger partial charge in [0.25, 0.3) is 5.91 Å². The number of carboxylic acid groups (broad SMARTS) is 1. The molecule has 2 saturated carbocycles. The van der Waals surface area contributed by atoms with Crippen molar-refractivity contribution >= 4 is 33.8 Å². The number of pyridine rings is 2. The molecule has 0 radical (unpaired) electrons. The third-order valence-corrected chi connectivity index (χ3v) is 14.3. The van der Waals surface area contributed by atoms with Crippen LogP contribution in [0.3, 0.4) is 0 Å². The quantitative estimate of drug-likeness (QED) is 0.188. The van der Waals surface area contributed by atoms with Gasteiger partial charge in [-0.15, -0.1) is 0 Å². The maximum atomic E-state index is 14.6. The predicted molar refractivity (Wildman–Crippen MR) is 223 cm³/mol. The molecule has 0 spiro atoms. The molecule has 60 heavy (non-hydrogen) atoms.